The van der Waals surface area contributed by atoms with Gasteiger partial charge >= 0.3 is 0 Å². The first kappa shape index (κ1) is 12.3. The van der Waals surface area contributed by atoms with Crippen molar-refractivity contribution >= 4 is 16.9 Å². The van der Waals surface area contributed by atoms with E-state index in [4.69, 9.17) is 10.5 Å². The third-order valence-electron chi connectivity index (χ3n) is 2.94. The van der Waals surface area contributed by atoms with E-state index in [9.17, 15) is 4.39 Å². The molecule has 0 radical (unpaired) electrons. The van der Waals surface area contributed by atoms with E-state index in [1.807, 2.05) is 31.2 Å². The van der Waals surface area contributed by atoms with E-state index in [2.05, 4.69) is 9.97 Å². The lowest BCUT2D eigenvalue weighted by Gasteiger charge is -2.10. The molecule has 0 atom stereocenters. The standard InChI is InChI=1S/C15H12FN3O/c1-9-6-7-10(16)8-13(9)20-14-11-4-2-3-5-12(11)18-15(17)19-14/h2-8H,1H3,(H2,17,18,19). The first-order chi connectivity index (χ1) is 9.63. The van der Waals surface area contributed by atoms with Crippen molar-refractivity contribution in [3.05, 3.63) is 53.8 Å². The molecule has 3 aromatic rings. The molecule has 20 heavy (non-hydrogen) atoms. The predicted molar refractivity (Wildman–Crippen MR) is 75.2 cm³/mol. The minimum Gasteiger partial charge on any atom is -0.438 e. The number of aryl methyl sites for hydroxylation is 1. The summed E-state index contributed by atoms with van der Waals surface area (Å²) in [5.74, 6) is 0.486. The minimum absolute atomic E-state index is 0.118. The number of nitrogen functional groups attached to an aromatic ring is 1. The normalized spacial score (nSPS) is 10.7. The van der Waals surface area contributed by atoms with E-state index in [-0.39, 0.29) is 11.8 Å². The van der Waals surface area contributed by atoms with Crippen LogP contribution in [0.25, 0.3) is 10.9 Å². The second-order valence-electron chi connectivity index (χ2n) is 4.42. The van der Waals surface area contributed by atoms with Crippen molar-refractivity contribution in [2.75, 3.05) is 5.73 Å². The van der Waals surface area contributed by atoms with E-state index in [1.165, 1.54) is 12.1 Å². The van der Waals surface area contributed by atoms with Crippen LogP contribution in [0.2, 0.25) is 0 Å². The van der Waals surface area contributed by atoms with Crippen LogP contribution in [0.4, 0.5) is 10.3 Å². The third kappa shape index (κ3) is 2.25. The molecule has 0 amide bonds. The van der Waals surface area contributed by atoms with Crippen LogP contribution >= 0.6 is 0 Å². The highest BCUT2D eigenvalue weighted by Gasteiger charge is 2.10. The predicted octanol–water partition coefficient (Wildman–Crippen LogP) is 3.45. The summed E-state index contributed by atoms with van der Waals surface area (Å²) in [4.78, 5) is 8.22. The number of hydrogen-bond donors (Lipinski definition) is 1. The summed E-state index contributed by atoms with van der Waals surface area (Å²) >= 11 is 0. The van der Waals surface area contributed by atoms with Gasteiger partial charge in [0.05, 0.1) is 10.9 Å². The highest BCUT2D eigenvalue weighted by molar-refractivity contribution is 5.84. The van der Waals surface area contributed by atoms with Gasteiger partial charge in [0.1, 0.15) is 11.6 Å². The lowest BCUT2D eigenvalue weighted by molar-refractivity contribution is 0.460. The van der Waals surface area contributed by atoms with Crippen LogP contribution < -0.4 is 10.5 Å². The van der Waals surface area contributed by atoms with Crippen LogP contribution in [0.15, 0.2) is 42.5 Å². The number of aromatic nitrogens is 2. The fourth-order valence-corrected chi connectivity index (χ4v) is 1.93. The van der Waals surface area contributed by atoms with Gasteiger partial charge in [-0.05, 0) is 30.7 Å². The van der Waals surface area contributed by atoms with E-state index in [1.54, 1.807) is 6.07 Å². The van der Waals surface area contributed by atoms with Crippen molar-refractivity contribution in [3.8, 4) is 11.6 Å². The Kier molecular flexibility index (Phi) is 2.95. The van der Waals surface area contributed by atoms with E-state index < -0.39 is 0 Å². The maximum atomic E-state index is 13.3. The van der Waals surface area contributed by atoms with Crippen LogP contribution in [-0.4, -0.2) is 9.97 Å². The van der Waals surface area contributed by atoms with E-state index >= 15 is 0 Å². The van der Waals surface area contributed by atoms with Crippen LogP contribution in [0, 0.1) is 12.7 Å². The highest BCUT2D eigenvalue weighted by atomic mass is 19.1. The summed E-state index contributed by atoms with van der Waals surface area (Å²) < 4.78 is 19.0. The Labute approximate surface area is 115 Å². The number of nitrogens with two attached hydrogens (primary N) is 1. The summed E-state index contributed by atoms with van der Waals surface area (Å²) in [6.45, 7) is 1.83. The molecule has 0 spiro atoms. The molecule has 0 saturated carbocycles. The number of benzene rings is 2. The molecular formula is C15H12FN3O. The fourth-order valence-electron chi connectivity index (χ4n) is 1.93. The number of hydrogen-bond acceptors (Lipinski definition) is 4. The van der Waals surface area contributed by atoms with Gasteiger partial charge in [-0.1, -0.05) is 18.2 Å². The summed E-state index contributed by atoms with van der Waals surface area (Å²) in [7, 11) is 0. The van der Waals surface area contributed by atoms with Crippen molar-refractivity contribution in [1.82, 2.24) is 9.97 Å². The van der Waals surface area contributed by atoms with Gasteiger partial charge in [0.15, 0.2) is 0 Å². The van der Waals surface area contributed by atoms with Crippen molar-refractivity contribution in [2.24, 2.45) is 0 Å². The second-order valence-corrected chi connectivity index (χ2v) is 4.42. The second kappa shape index (κ2) is 4.77. The van der Waals surface area contributed by atoms with Gasteiger partial charge in [-0.3, -0.25) is 0 Å². The van der Waals surface area contributed by atoms with E-state index in [0.29, 0.717) is 17.1 Å². The van der Waals surface area contributed by atoms with Crippen LogP contribution in [0.1, 0.15) is 5.56 Å². The number of nitrogens with zero attached hydrogens (tertiary/aromatic N) is 2. The zero-order valence-electron chi connectivity index (χ0n) is 10.8. The average molecular weight is 269 g/mol. The SMILES string of the molecule is Cc1ccc(F)cc1Oc1nc(N)nc2ccccc12. The Hall–Kier alpha value is -2.69. The summed E-state index contributed by atoms with van der Waals surface area (Å²) in [6.07, 6.45) is 0. The maximum absolute atomic E-state index is 13.3. The molecule has 4 nitrogen and oxygen atoms in total. The molecule has 0 aliphatic carbocycles. The van der Waals surface area contributed by atoms with E-state index in [0.717, 1.165) is 10.9 Å². The summed E-state index contributed by atoms with van der Waals surface area (Å²) in [5.41, 5.74) is 7.17. The molecule has 100 valence electrons. The van der Waals surface area contributed by atoms with Gasteiger partial charge in [0.2, 0.25) is 11.8 Å². The molecular weight excluding hydrogens is 257 g/mol. The number of ether oxygens (including phenoxy) is 1. The highest BCUT2D eigenvalue weighted by Crippen LogP contribution is 2.30. The number of rotatable bonds is 2. The molecule has 0 aliphatic heterocycles. The summed E-state index contributed by atoms with van der Waals surface area (Å²) in [6, 6.07) is 11.7. The summed E-state index contributed by atoms with van der Waals surface area (Å²) in [5, 5.41) is 0.727. The maximum Gasteiger partial charge on any atom is 0.231 e. The quantitative estimate of drug-likeness (QED) is 0.774. The first-order valence-electron chi connectivity index (χ1n) is 6.10. The van der Waals surface area contributed by atoms with Crippen LogP contribution in [-0.2, 0) is 0 Å². The number of anilines is 1. The molecule has 1 heterocycles. The lowest BCUT2D eigenvalue weighted by Crippen LogP contribution is -1.99. The molecule has 5 heteroatoms. The molecule has 1 aromatic heterocycles. The largest absolute Gasteiger partial charge is 0.438 e. The Morgan fingerprint density at radius 2 is 1.90 bits per heavy atom. The Morgan fingerprint density at radius 3 is 2.75 bits per heavy atom. The average Bonchev–Trinajstić information content (AvgIpc) is 2.43. The minimum atomic E-state index is -0.364. The molecule has 0 fully saturated rings. The fraction of sp³-hybridized carbons (Fsp3) is 0.0667. The Bertz CT molecular complexity index is 789. The molecule has 3 rings (SSSR count). The molecule has 0 unspecified atom stereocenters. The molecule has 2 N–H and O–H groups in total. The number of para-hydroxylation sites is 1. The zero-order chi connectivity index (χ0) is 14.1. The van der Waals surface area contributed by atoms with Crippen LogP contribution in [0.5, 0.6) is 11.6 Å². The molecule has 0 bridgehead atoms. The van der Waals surface area contributed by atoms with Gasteiger partial charge in [0.25, 0.3) is 0 Å². The topological polar surface area (TPSA) is 61.0 Å². The number of halogens is 1. The Balaban J connectivity index is 2.13. The molecule has 0 saturated heterocycles. The lowest BCUT2D eigenvalue weighted by atomic mass is 10.2. The molecule has 2 aromatic carbocycles. The number of fused-ring (bicyclic) bond motifs is 1. The monoisotopic (exact) mass is 269 g/mol. The smallest absolute Gasteiger partial charge is 0.231 e. The zero-order valence-corrected chi connectivity index (χ0v) is 10.8. The van der Waals surface area contributed by atoms with Crippen molar-refractivity contribution in [3.63, 3.8) is 0 Å². The van der Waals surface area contributed by atoms with Crippen molar-refractivity contribution < 1.29 is 9.13 Å². The molecule has 0 aliphatic rings. The van der Waals surface area contributed by atoms with Gasteiger partial charge in [-0.2, -0.15) is 4.98 Å². The van der Waals surface area contributed by atoms with Gasteiger partial charge < -0.3 is 10.5 Å². The first-order valence-corrected chi connectivity index (χ1v) is 6.10. The van der Waals surface area contributed by atoms with Gasteiger partial charge in [0, 0.05) is 6.07 Å². The van der Waals surface area contributed by atoms with Gasteiger partial charge in [-0.15, -0.1) is 0 Å². The van der Waals surface area contributed by atoms with Gasteiger partial charge in [-0.25, -0.2) is 9.37 Å². The van der Waals surface area contributed by atoms with Crippen molar-refractivity contribution in [2.45, 2.75) is 6.92 Å². The third-order valence-corrected chi connectivity index (χ3v) is 2.94. The van der Waals surface area contributed by atoms with Crippen LogP contribution in [0.3, 0.4) is 0 Å². The Morgan fingerprint density at radius 1 is 1.10 bits per heavy atom. The van der Waals surface area contributed by atoms with Crippen molar-refractivity contribution in [1.29, 1.82) is 0 Å².